The lowest BCUT2D eigenvalue weighted by Gasteiger charge is -2.34. The molecule has 1 aromatic rings. The van der Waals surface area contributed by atoms with Crippen LogP contribution in [0, 0.1) is 3.57 Å². The lowest BCUT2D eigenvalue weighted by molar-refractivity contribution is -0.00997. The van der Waals surface area contributed by atoms with Crippen LogP contribution in [0.1, 0.15) is 32.8 Å². The van der Waals surface area contributed by atoms with Gasteiger partial charge in [0.15, 0.2) is 0 Å². The Morgan fingerprint density at radius 3 is 2.39 bits per heavy atom. The molecule has 0 aliphatic carbocycles. The standard InChI is InChI=1S/C15H24INO/c1-5-10-17-14(15(2,3)18-4)11-12-6-8-13(16)9-7-12/h6-9,14,17H,5,10-11H2,1-4H3. The average molecular weight is 361 g/mol. The highest BCUT2D eigenvalue weighted by molar-refractivity contribution is 14.1. The molecule has 0 spiro atoms. The van der Waals surface area contributed by atoms with E-state index in [1.54, 1.807) is 7.11 Å². The summed E-state index contributed by atoms with van der Waals surface area (Å²) < 4.78 is 6.91. The molecule has 0 fully saturated rings. The maximum atomic E-state index is 5.63. The van der Waals surface area contributed by atoms with E-state index >= 15 is 0 Å². The van der Waals surface area contributed by atoms with E-state index < -0.39 is 0 Å². The lowest BCUT2D eigenvalue weighted by Crippen LogP contribution is -2.49. The zero-order chi connectivity index (χ0) is 13.6. The van der Waals surface area contributed by atoms with Gasteiger partial charge in [-0.2, -0.15) is 0 Å². The third kappa shape index (κ3) is 4.86. The van der Waals surface area contributed by atoms with E-state index in [9.17, 15) is 0 Å². The highest BCUT2D eigenvalue weighted by atomic mass is 127. The number of benzene rings is 1. The van der Waals surface area contributed by atoms with Crippen molar-refractivity contribution in [3.8, 4) is 0 Å². The monoisotopic (exact) mass is 361 g/mol. The molecule has 0 bridgehead atoms. The summed E-state index contributed by atoms with van der Waals surface area (Å²) in [6, 6.07) is 9.06. The molecule has 1 atom stereocenters. The van der Waals surface area contributed by atoms with Gasteiger partial charge in [-0.1, -0.05) is 19.1 Å². The van der Waals surface area contributed by atoms with Gasteiger partial charge < -0.3 is 10.1 Å². The summed E-state index contributed by atoms with van der Waals surface area (Å²) in [4.78, 5) is 0. The number of hydrogen-bond donors (Lipinski definition) is 1. The van der Waals surface area contributed by atoms with Crippen molar-refractivity contribution >= 4 is 22.6 Å². The van der Waals surface area contributed by atoms with Crippen LogP contribution in [-0.4, -0.2) is 25.3 Å². The van der Waals surface area contributed by atoms with Crippen molar-refractivity contribution in [1.82, 2.24) is 5.32 Å². The quantitative estimate of drug-likeness (QED) is 0.749. The molecule has 18 heavy (non-hydrogen) atoms. The van der Waals surface area contributed by atoms with Crippen LogP contribution in [0.2, 0.25) is 0 Å². The Morgan fingerprint density at radius 1 is 1.28 bits per heavy atom. The Hall–Kier alpha value is -0.130. The van der Waals surface area contributed by atoms with Crippen molar-refractivity contribution in [2.24, 2.45) is 0 Å². The van der Waals surface area contributed by atoms with Crippen LogP contribution in [0.25, 0.3) is 0 Å². The molecule has 0 radical (unpaired) electrons. The number of ether oxygens (including phenoxy) is 1. The molecule has 3 heteroatoms. The second-order valence-corrected chi connectivity index (χ2v) is 6.39. The molecule has 0 saturated heterocycles. The van der Waals surface area contributed by atoms with E-state index in [0.29, 0.717) is 6.04 Å². The second kappa shape index (κ2) is 7.46. The highest BCUT2D eigenvalue weighted by Gasteiger charge is 2.28. The number of methoxy groups -OCH3 is 1. The first kappa shape index (κ1) is 15.9. The average Bonchev–Trinajstić information content (AvgIpc) is 2.36. The summed E-state index contributed by atoms with van der Waals surface area (Å²) in [5.41, 5.74) is 1.20. The first-order chi connectivity index (χ1) is 8.49. The van der Waals surface area contributed by atoms with Crippen LogP contribution < -0.4 is 5.32 Å². The summed E-state index contributed by atoms with van der Waals surface area (Å²) >= 11 is 2.34. The van der Waals surface area contributed by atoms with Crippen LogP contribution in [-0.2, 0) is 11.2 Å². The van der Waals surface area contributed by atoms with Gasteiger partial charge in [0, 0.05) is 16.7 Å². The molecule has 1 aromatic carbocycles. The van der Waals surface area contributed by atoms with Gasteiger partial charge in [-0.05, 0) is 73.5 Å². The van der Waals surface area contributed by atoms with Gasteiger partial charge in [0.05, 0.1) is 5.60 Å². The largest absolute Gasteiger partial charge is 0.377 e. The molecule has 0 aromatic heterocycles. The predicted molar refractivity (Wildman–Crippen MR) is 86.0 cm³/mol. The highest BCUT2D eigenvalue weighted by Crippen LogP contribution is 2.19. The van der Waals surface area contributed by atoms with E-state index in [1.165, 1.54) is 9.13 Å². The van der Waals surface area contributed by atoms with Crippen LogP contribution in [0.3, 0.4) is 0 Å². The summed E-state index contributed by atoms with van der Waals surface area (Å²) in [6.45, 7) is 7.51. The maximum Gasteiger partial charge on any atom is 0.0778 e. The van der Waals surface area contributed by atoms with Crippen LogP contribution in [0.5, 0.6) is 0 Å². The number of nitrogens with one attached hydrogen (secondary N) is 1. The van der Waals surface area contributed by atoms with E-state index in [4.69, 9.17) is 4.74 Å². The zero-order valence-corrected chi connectivity index (χ0v) is 14.0. The predicted octanol–water partition coefficient (Wildman–Crippen LogP) is 3.63. The molecule has 0 aliphatic rings. The van der Waals surface area contributed by atoms with Crippen molar-refractivity contribution in [3.63, 3.8) is 0 Å². The summed E-state index contributed by atoms with van der Waals surface area (Å²) in [5, 5.41) is 3.60. The zero-order valence-electron chi connectivity index (χ0n) is 11.8. The third-order valence-electron chi connectivity index (χ3n) is 3.36. The topological polar surface area (TPSA) is 21.3 Å². The first-order valence-electron chi connectivity index (χ1n) is 6.52. The molecular formula is C15H24INO. The van der Waals surface area contributed by atoms with Crippen molar-refractivity contribution in [3.05, 3.63) is 33.4 Å². The number of hydrogen-bond acceptors (Lipinski definition) is 2. The van der Waals surface area contributed by atoms with Gasteiger partial charge in [-0.3, -0.25) is 0 Å². The van der Waals surface area contributed by atoms with Gasteiger partial charge in [0.25, 0.3) is 0 Å². The Kier molecular flexibility index (Phi) is 6.60. The van der Waals surface area contributed by atoms with E-state index in [2.05, 4.69) is 72.9 Å². The van der Waals surface area contributed by atoms with Crippen LogP contribution >= 0.6 is 22.6 Å². The van der Waals surface area contributed by atoms with Crippen molar-refractivity contribution < 1.29 is 4.74 Å². The minimum atomic E-state index is -0.155. The maximum absolute atomic E-state index is 5.63. The summed E-state index contributed by atoms with van der Waals surface area (Å²) in [7, 11) is 1.79. The lowest BCUT2D eigenvalue weighted by atomic mass is 9.92. The van der Waals surface area contributed by atoms with Gasteiger partial charge in [0.1, 0.15) is 0 Å². The third-order valence-corrected chi connectivity index (χ3v) is 4.08. The van der Waals surface area contributed by atoms with Crippen LogP contribution in [0.4, 0.5) is 0 Å². The van der Waals surface area contributed by atoms with E-state index in [1.807, 2.05) is 0 Å². The molecule has 2 nitrogen and oxygen atoms in total. The fourth-order valence-electron chi connectivity index (χ4n) is 1.88. The molecule has 1 N–H and O–H groups in total. The normalized spacial score (nSPS) is 13.6. The molecule has 0 aliphatic heterocycles. The molecular weight excluding hydrogens is 337 g/mol. The Bertz CT molecular complexity index is 348. The van der Waals surface area contributed by atoms with Gasteiger partial charge in [-0.15, -0.1) is 0 Å². The molecule has 1 unspecified atom stereocenters. The Morgan fingerprint density at radius 2 is 1.89 bits per heavy atom. The SMILES string of the molecule is CCCNC(Cc1ccc(I)cc1)C(C)(C)OC. The van der Waals surface area contributed by atoms with E-state index in [-0.39, 0.29) is 5.60 Å². The molecule has 0 saturated carbocycles. The van der Waals surface area contributed by atoms with Gasteiger partial charge >= 0.3 is 0 Å². The van der Waals surface area contributed by atoms with Crippen molar-refractivity contribution in [2.75, 3.05) is 13.7 Å². The Balaban J connectivity index is 2.74. The smallest absolute Gasteiger partial charge is 0.0778 e. The molecule has 0 heterocycles. The molecule has 1 rings (SSSR count). The van der Waals surface area contributed by atoms with Gasteiger partial charge in [-0.25, -0.2) is 0 Å². The Labute approximate surface area is 125 Å². The number of halogens is 1. The fourth-order valence-corrected chi connectivity index (χ4v) is 2.24. The fraction of sp³-hybridized carbons (Fsp3) is 0.600. The first-order valence-corrected chi connectivity index (χ1v) is 7.60. The van der Waals surface area contributed by atoms with E-state index in [0.717, 1.165) is 19.4 Å². The minimum Gasteiger partial charge on any atom is -0.377 e. The minimum absolute atomic E-state index is 0.155. The number of rotatable bonds is 7. The molecule has 102 valence electrons. The van der Waals surface area contributed by atoms with Crippen molar-refractivity contribution in [1.29, 1.82) is 0 Å². The summed E-state index contributed by atoms with van der Waals surface area (Å²) in [6.07, 6.45) is 2.14. The molecule has 0 amide bonds. The van der Waals surface area contributed by atoms with Gasteiger partial charge in [0.2, 0.25) is 0 Å². The second-order valence-electron chi connectivity index (χ2n) is 5.14. The van der Waals surface area contributed by atoms with Crippen molar-refractivity contribution in [2.45, 2.75) is 45.3 Å². The van der Waals surface area contributed by atoms with Crippen LogP contribution in [0.15, 0.2) is 24.3 Å². The summed E-state index contributed by atoms with van der Waals surface area (Å²) in [5.74, 6) is 0.